The molecule has 228 valence electrons. The minimum absolute atomic E-state index is 0.0712. The molecular weight excluding hydrogens is 548 g/mol. The zero-order valence-corrected chi connectivity index (χ0v) is 25.4. The molecule has 1 fully saturated rings. The standard InChI is InChI=1S/C25H28N2O3.C10H13F2N/c1-17-23(16-28)25(29)27(26-17)21-14-20(13-18-9-5-3-6-10-18)24(30-2)22(15-21)19-11-7-4-8-12-19;1-3-10(11,12)8-5-4-6-9(7-8)13-2/h4,7-8,11-12,14-16,18,23H,3,5-6,9-10,13H2,1-2H3;4-7,13H,3H2,1-2H3. The molecule has 1 aliphatic carbocycles. The van der Waals surface area contributed by atoms with Gasteiger partial charge in [0.1, 0.15) is 18.0 Å². The zero-order chi connectivity index (χ0) is 31.0. The topological polar surface area (TPSA) is 71.0 Å². The summed E-state index contributed by atoms with van der Waals surface area (Å²) in [4.78, 5) is 24.2. The molecule has 0 aromatic heterocycles. The Balaban J connectivity index is 0.000000273. The van der Waals surface area contributed by atoms with E-state index >= 15 is 0 Å². The maximum Gasteiger partial charge on any atom is 0.273 e. The Morgan fingerprint density at radius 3 is 2.37 bits per heavy atom. The molecule has 8 heteroatoms. The highest BCUT2D eigenvalue weighted by Crippen LogP contribution is 2.41. The first kappa shape index (κ1) is 31.9. The number of ether oxygens (including phenoxy) is 1. The van der Waals surface area contributed by atoms with Gasteiger partial charge in [0.05, 0.1) is 18.5 Å². The number of methoxy groups -OCH3 is 1. The predicted octanol–water partition coefficient (Wildman–Crippen LogP) is 8.25. The van der Waals surface area contributed by atoms with Crippen LogP contribution in [-0.4, -0.2) is 32.1 Å². The highest BCUT2D eigenvalue weighted by Gasteiger charge is 2.35. The molecule has 6 nitrogen and oxygen atoms in total. The van der Waals surface area contributed by atoms with Gasteiger partial charge in [0.25, 0.3) is 11.8 Å². The molecule has 3 aromatic carbocycles. The largest absolute Gasteiger partial charge is 0.496 e. The Morgan fingerprint density at radius 2 is 1.77 bits per heavy atom. The van der Waals surface area contributed by atoms with Crippen LogP contribution in [0.5, 0.6) is 5.75 Å². The van der Waals surface area contributed by atoms with Gasteiger partial charge in [-0.1, -0.05) is 81.5 Å². The molecule has 0 saturated heterocycles. The van der Waals surface area contributed by atoms with E-state index in [2.05, 4.69) is 10.4 Å². The van der Waals surface area contributed by atoms with E-state index in [1.54, 1.807) is 33.2 Å². The number of nitrogens with one attached hydrogen (secondary N) is 1. The molecule has 3 aromatic rings. The van der Waals surface area contributed by atoms with Crippen LogP contribution in [0.2, 0.25) is 0 Å². The molecule has 0 bridgehead atoms. The third-order valence-electron chi connectivity index (χ3n) is 8.25. The van der Waals surface area contributed by atoms with Gasteiger partial charge in [-0.2, -0.15) is 10.1 Å². The summed E-state index contributed by atoms with van der Waals surface area (Å²) in [7, 11) is 3.42. The average Bonchev–Trinajstić information content (AvgIpc) is 3.34. The number of carbonyl (C=O) groups is 2. The number of rotatable bonds is 9. The van der Waals surface area contributed by atoms with Crippen LogP contribution in [0, 0.1) is 11.8 Å². The number of hydrogen-bond donors (Lipinski definition) is 1. The average molecular weight is 590 g/mol. The van der Waals surface area contributed by atoms with Crippen molar-refractivity contribution in [2.75, 3.05) is 24.5 Å². The van der Waals surface area contributed by atoms with Gasteiger partial charge in [0.15, 0.2) is 0 Å². The molecule has 0 spiro atoms. The SMILES string of the molecule is CCC(F)(F)c1cccc(NC)c1.COc1c(CC2CCCCC2)cc(N2N=C(C)C(C=O)C2=O)cc1-c1ccccc1. The van der Waals surface area contributed by atoms with Crippen LogP contribution in [0.15, 0.2) is 71.8 Å². The van der Waals surface area contributed by atoms with Crippen molar-refractivity contribution in [3.63, 3.8) is 0 Å². The Kier molecular flexibility index (Phi) is 10.7. The second-order valence-electron chi connectivity index (χ2n) is 11.2. The van der Waals surface area contributed by atoms with Gasteiger partial charge in [0, 0.05) is 30.3 Å². The summed E-state index contributed by atoms with van der Waals surface area (Å²) in [6.45, 7) is 3.20. The molecule has 0 radical (unpaired) electrons. The number of alkyl halides is 2. The summed E-state index contributed by atoms with van der Waals surface area (Å²) >= 11 is 0. The summed E-state index contributed by atoms with van der Waals surface area (Å²) in [6, 6.07) is 20.3. The van der Waals surface area contributed by atoms with Crippen LogP contribution in [0.1, 0.15) is 63.5 Å². The summed E-state index contributed by atoms with van der Waals surface area (Å²) in [5.74, 6) is -2.33. The van der Waals surface area contributed by atoms with Gasteiger partial charge in [0.2, 0.25) is 0 Å². The maximum absolute atomic E-state index is 13.2. The first-order valence-electron chi connectivity index (χ1n) is 15.0. The molecule has 1 N–H and O–H groups in total. The lowest BCUT2D eigenvalue weighted by Gasteiger charge is -2.25. The molecule has 2 aliphatic rings. The van der Waals surface area contributed by atoms with Crippen LogP contribution in [0.25, 0.3) is 11.1 Å². The third kappa shape index (κ3) is 7.48. The second-order valence-corrected chi connectivity index (χ2v) is 11.2. The van der Waals surface area contributed by atoms with Crippen molar-refractivity contribution >= 4 is 29.3 Å². The number of benzene rings is 3. The molecule has 1 atom stereocenters. The fourth-order valence-corrected chi connectivity index (χ4v) is 5.75. The second kappa shape index (κ2) is 14.4. The Morgan fingerprint density at radius 1 is 1.05 bits per heavy atom. The monoisotopic (exact) mass is 589 g/mol. The van der Waals surface area contributed by atoms with Crippen LogP contribution in [0.3, 0.4) is 0 Å². The lowest BCUT2D eigenvalue weighted by atomic mass is 9.84. The minimum atomic E-state index is -2.72. The molecule has 1 aliphatic heterocycles. The fraction of sp³-hybridized carbons (Fsp3) is 0.400. The first-order valence-corrected chi connectivity index (χ1v) is 15.0. The van der Waals surface area contributed by atoms with Crippen molar-refractivity contribution in [3.05, 3.63) is 77.9 Å². The summed E-state index contributed by atoms with van der Waals surface area (Å²) in [6.07, 6.45) is 7.72. The van der Waals surface area contributed by atoms with E-state index in [-0.39, 0.29) is 17.9 Å². The van der Waals surface area contributed by atoms with Gasteiger partial charge < -0.3 is 14.8 Å². The maximum atomic E-state index is 13.2. The van der Waals surface area contributed by atoms with E-state index in [1.165, 1.54) is 56.2 Å². The predicted molar refractivity (Wildman–Crippen MR) is 169 cm³/mol. The molecule has 5 rings (SSSR count). The van der Waals surface area contributed by atoms with Crippen LogP contribution < -0.4 is 15.1 Å². The Labute approximate surface area is 253 Å². The van der Waals surface area contributed by atoms with E-state index in [0.717, 1.165) is 28.9 Å². The number of amides is 1. The highest BCUT2D eigenvalue weighted by atomic mass is 19.3. The molecule has 1 heterocycles. The third-order valence-corrected chi connectivity index (χ3v) is 8.25. The van der Waals surface area contributed by atoms with Crippen molar-refractivity contribution in [1.82, 2.24) is 0 Å². The summed E-state index contributed by atoms with van der Waals surface area (Å²) in [5.41, 5.74) is 5.07. The lowest BCUT2D eigenvalue weighted by Crippen LogP contribution is -2.28. The van der Waals surface area contributed by atoms with Gasteiger partial charge in [-0.25, -0.2) is 8.78 Å². The zero-order valence-electron chi connectivity index (χ0n) is 25.4. The smallest absolute Gasteiger partial charge is 0.273 e. The summed E-state index contributed by atoms with van der Waals surface area (Å²) in [5, 5.41) is 8.61. The van der Waals surface area contributed by atoms with Gasteiger partial charge in [-0.15, -0.1) is 0 Å². The highest BCUT2D eigenvalue weighted by molar-refractivity contribution is 6.22. The van der Waals surface area contributed by atoms with E-state index in [1.807, 2.05) is 42.5 Å². The van der Waals surface area contributed by atoms with Crippen molar-refractivity contribution in [3.8, 4) is 16.9 Å². The Bertz CT molecular complexity index is 1440. The van der Waals surface area contributed by atoms with Crippen LogP contribution in [0.4, 0.5) is 20.2 Å². The lowest BCUT2D eigenvalue weighted by molar-refractivity contribution is -0.123. The van der Waals surface area contributed by atoms with E-state index in [0.29, 0.717) is 29.3 Å². The number of anilines is 2. The fourth-order valence-electron chi connectivity index (χ4n) is 5.75. The number of hydrazone groups is 1. The van der Waals surface area contributed by atoms with Crippen molar-refractivity contribution in [2.45, 2.75) is 64.7 Å². The Hall–Kier alpha value is -4.07. The first-order chi connectivity index (χ1) is 20.7. The normalized spacial score (nSPS) is 17.2. The quantitative estimate of drug-likeness (QED) is 0.202. The van der Waals surface area contributed by atoms with E-state index < -0.39 is 11.8 Å². The molecule has 1 amide bonds. The molecule has 1 unspecified atom stereocenters. The van der Waals surface area contributed by atoms with Crippen LogP contribution >= 0.6 is 0 Å². The molecular formula is C35H41F2N3O3. The molecule has 43 heavy (non-hydrogen) atoms. The van der Waals surface area contributed by atoms with Crippen molar-refractivity contribution in [2.24, 2.45) is 16.9 Å². The summed E-state index contributed by atoms with van der Waals surface area (Å²) < 4.78 is 32.2. The number of carbonyl (C=O) groups excluding carboxylic acids is 2. The van der Waals surface area contributed by atoms with Crippen LogP contribution in [-0.2, 0) is 21.9 Å². The number of hydrogen-bond acceptors (Lipinski definition) is 5. The minimum Gasteiger partial charge on any atom is -0.496 e. The van der Waals surface area contributed by atoms with E-state index in [4.69, 9.17) is 4.74 Å². The number of nitrogens with zero attached hydrogens (tertiary/aromatic N) is 2. The van der Waals surface area contributed by atoms with Gasteiger partial charge >= 0.3 is 0 Å². The van der Waals surface area contributed by atoms with Gasteiger partial charge in [-0.3, -0.25) is 4.79 Å². The van der Waals surface area contributed by atoms with Crippen molar-refractivity contribution < 1.29 is 23.1 Å². The van der Waals surface area contributed by atoms with Crippen molar-refractivity contribution in [1.29, 1.82) is 0 Å². The van der Waals surface area contributed by atoms with E-state index in [9.17, 15) is 18.4 Å². The molecule has 1 saturated carbocycles. The van der Waals surface area contributed by atoms with Gasteiger partial charge in [-0.05, 0) is 54.7 Å². The number of aldehydes is 1. The number of halogens is 2.